The van der Waals surface area contributed by atoms with Gasteiger partial charge in [-0.2, -0.15) is 0 Å². The topological polar surface area (TPSA) is 53.4 Å². The number of nitrogens with zero attached hydrogens (tertiary/aromatic N) is 1. The van der Waals surface area contributed by atoms with Gasteiger partial charge in [0.1, 0.15) is 0 Å². The van der Waals surface area contributed by atoms with Crippen LogP contribution in [0, 0.1) is 0 Å². The molecule has 0 saturated heterocycles. The zero-order valence-electron chi connectivity index (χ0n) is 7.12. The van der Waals surface area contributed by atoms with Gasteiger partial charge in [-0.3, -0.25) is 4.98 Å². The van der Waals surface area contributed by atoms with E-state index in [4.69, 9.17) is 10.2 Å². The van der Waals surface area contributed by atoms with Crippen LogP contribution in [-0.4, -0.2) is 15.2 Å². The number of aliphatic hydroxyl groups is 2. The fourth-order valence-electron chi connectivity index (χ4n) is 1.08. The third-order valence-electron chi connectivity index (χ3n) is 1.72. The van der Waals surface area contributed by atoms with Crippen molar-refractivity contribution in [1.29, 1.82) is 0 Å². The van der Waals surface area contributed by atoms with Crippen LogP contribution in [0.2, 0.25) is 0 Å². The first-order chi connectivity index (χ1) is 5.80. The molecule has 0 aliphatic carbocycles. The summed E-state index contributed by atoms with van der Waals surface area (Å²) < 4.78 is 0. The van der Waals surface area contributed by atoms with E-state index >= 15 is 0 Å². The highest BCUT2D eigenvalue weighted by Gasteiger charge is 1.99. The zero-order valence-corrected chi connectivity index (χ0v) is 7.12. The Morgan fingerprint density at radius 1 is 1.17 bits per heavy atom. The molecule has 0 spiro atoms. The van der Waals surface area contributed by atoms with Gasteiger partial charge in [-0.15, -0.1) is 0 Å². The molecular formula is C9H13NO2. The van der Waals surface area contributed by atoms with Gasteiger partial charge in [0.05, 0.1) is 24.6 Å². The van der Waals surface area contributed by atoms with Crippen LogP contribution < -0.4 is 0 Å². The van der Waals surface area contributed by atoms with Gasteiger partial charge in [-0.05, 0) is 24.1 Å². The Balaban J connectivity index is 3.01. The first-order valence-electron chi connectivity index (χ1n) is 4.00. The number of pyridine rings is 1. The average molecular weight is 167 g/mol. The lowest BCUT2D eigenvalue weighted by Gasteiger charge is -2.03. The summed E-state index contributed by atoms with van der Waals surface area (Å²) in [4.78, 5) is 4.02. The number of hydrogen-bond acceptors (Lipinski definition) is 3. The molecule has 0 amide bonds. The van der Waals surface area contributed by atoms with Crippen LogP contribution in [0.5, 0.6) is 0 Å². The van der Waals surface area contributed by atoms with Crippen LogP contribution in [0.15, 0.2) is 12.1 Å². The van der Waals surface area contributed by atoms with Gasteiger partial charge in [-0.25, -0.2) is 0 Å². The Morgan fingerprint density at radius 3 is 2.00 bits per heavy atom. The second kappa shape index (κ2) is 4.18. The first kappa shape index (κ1) is 9.16. The lowest BCUT2D eigenvalue weighted by atomic mass is 10.1. The standard InChI is InChI=1S/C9H13NO2/c1-2-7-3-8(5-11)10-9(4-7)6-12/h3-4,11-12H,2,5-6H2,1H3. The van der Waals surface area contributed by atoms with E-state index in [1.165, 1.54) is 0 Å². The Morgan fingerprint density at radius 2 is 1.67 bits per heavy atom. The molecule has 0 saturated carbocycles. The minimum absolute atomic E-state index is 0.0686. The molecule has 1 heterocycles. The van der Waals surface area contributed by atoms with Crippen molar-refractivity contribution >= 4 is 0 Å². The summed E-state index contributed by atoms with van der Waals surface area (Å²) in [6.07, 6.45) is 0.891. The van der Waals surface area contributed by atoms with Gasteiger partial charge >= 0.3 is 0 Å². The second-order valence-corrected chi connectivity index (χ2v) is 2.63. The summed E-state index contributed by atoms with van der Waals surface area (Å²) in [5.74, 6) is 0. The molecule has 0 aliphatic heterocycles. The summed E-state index contributed by atoms with van der Waals surface area (Å²) in [5.41, 5.74) is 2.34. The summed E-state index contributed by atoms with van der Waals surface area (Å²) in [7, 11) is 0. The van der Waals surface area contributed by atoms with E-state index < -0.39 is 0 Å². The highest BCUT2D eigenvalue weighted by Crippen LogP contribution is 2.06. The van der Waals surface area contributed by atoms with Crippen LogP contribution in [0.25, 0.3) is 0 Å². The predicted molar refractivity (Wildman–Crippen MR) is 45.5 cm³/mol. The van der Waals surface area contributed by atoms with E-state index in [1.54, 1.807) is 0 Å². The highest BCUT2D eigenvalue weighted by atomic mass is 16.3. The summed E-state index contributed by atoms with van der Waals surface area (Å²) in [5, 5.41) is 17.7. The van der Waals surface area contributed by atoms with Crippen molar-refractivity contribution < 1.29 is 10.2 Å². The van der Waals surface area contributed by atoms with Crippen molar-refractivity contribution in [3.63, 3.8) is 0 Å². The fourth-order valence-corrected chi connectivity index (χ4v) is 1.08. The summed E-state index contributed by atoms with van der Waals surface area (Å²) >= 11 is 0. The molecule has 0 aliphatic rings. The largest absolute Gasteiger partial charge is 0.390 e. The fraction of sp³-hybridized carbons (Fsp3) is 0.444. The van der Waals surface area contributed by atoms with E-state index in [0.29, 0.717) is 11.4 Å². The summed E-state index contributed by atoms with van der Waals surface area (Å²) in [6, 6.07) is 3.69. The molecule has 12 heavy (non-hydrogen) atoms. The number of aliphatic hydroxyl groups excluding tert-OH is 2. The molecule has 0 atom stereocenters. The van der Waals surface area contributed by atoms with Crippen molar-refractivity contribution in [3.8, 4) is 0 Å². The van der Waals surface area contributed by atoms with Crippen LogP contribution >= 0.6 is 0 Å². The maximum Gasteiger partial charge on any atom is 0.0853 e. The van der Waals surface area contributed by atoms with Crippen molar-refractivity contribution in [1.82, 2.24) is 4.98 Å². The third kappa shape index (κ3) is 2.03. The second-order valence-electron chi connectivity index (χ2n) is 2.63. The van der Waals surface area contributed by atoms with Crippen LogP contribution in [0.4, 0.5) is 0 Å². The molecule has 66 valence electrons. The molecule has 1 aromatic rings. The Bertz CT molecular complexity index is 205. The van der Waals surface area contributed by atoms with E-state index in [2.05, 4.69) is 4.98 Å². The summed E-state index contributed by atoms with van der Waals surface area (Å²) in [6.45, 7) is 1.89. The quantitative estimate of drug-likeness (QED) is 0.694. The molecule has 3 heteroatoms. The van der Waals surface area contributed by atoms with Crippen molar-refractivity contribution in [2.24, 2.45) is 0 Å². The molecule has 2 N–H and O–H groups in total. The molecule has 1 rings (SSSR count). The SMILES string of the molecule is CCc1cc(CO)nc(CO)c1. The molecule has 0 bridgehead atoms. The normalized spacial score (nSPS) is 10.2. The van der Waals surface area contributed by atoms with E-state index in [9.17, 15) is 0 Å². The third-order valence-corrected chi connectivity index (χ3v) is 1.72. The maximum atomic E-state index is 8.83. The Hall–Kier alpha value is -0.930. The van der Waals surface area contributed by atoms with Crippen molar-refractivity contribution in [3.05, 3.63) is 29.1 Å². The number of hydrogen-bond donors (Lipinski definition) is 2. The first-order valence-corrected chi connectivity index (χ1v) is 4.00. The van der Waals surface area contributed by atoms with Gasteiger partial charge in [0.25, 0.3) is 0 Å². The number of aryl methyl sites for hydroxylation is 1. The minimum atomic E-state index is -0.0686. The zero-order chi connectivity index (χ0) is 8.97. The average Bonchev–Trinajstić information content (AvgIpc) is 2.16. The monoisotopic (exact) mass is 167 g/mol. The predicted octanol–water partition coefficient (Wildman–Crippen LogP) is 0.629. The van der Waals surface area contributed by atoms with E-state index in [-0.39, 0.29) is 13.2 Å². The maximum absolute atomic E-state index is 8.83. The van der Waals surface area contributed by atoms with Gasteiger partial charge in [0, 0.05) is 0 Å². The van der Waals surface area contributed by atoms with Gasteiger partial charge in [0.2, 0.25) is 0 Å². The number of aromatic nitrogens is 1. The van der Waals surface area contributed by atoms with Gasteiger partial charge < -0.3 is 10.2 Å². The Labute approximate surface area is 71.7 Å². The van der Waals surface area contributed by atoms with Crippen molar-refractivity contribution in [2.45, 2.75) is 26.6 Å². The van der Waals surface area contributed by atoms with Gasteiger partial charge in [0.15, 0.2) is 0 Å². The molecule has 0 fully saturated rings. The molecule has 3 nitrogen and oxygen atoms in total. The molecule has 1 aromatic heterocycles. The highest BCUT2D eigenvalue weighted by molar-refractivity contribution is 5.20. The lowest BCUT2D eigenvalue weighted by Crippen LogP contribution is -1.98. The lowest BCUT2D eigenvalue weighted by molar-refractivity contribution is 0.265. The van der Waals surface area contributed by atoms with Crippen molar-refractivity contribution in [2.75, 3.05) is 0 Å². The van der Waals surface area contributed by atoms with E-state index in [0.717, 1.165) is 12.0 Å². The molecular weight excluding hydrogens is 154 g/mol. The molecule has 0 aromatic carbocycles. The van der Waals surface area contributed by atoms with Crippen LogP contribution in [0.1, 0.15) is 23.9 Å². The molecule has 0 radical (unpaired) electrons. The Kier molecular flexibility index (Phi) is 3.19. The minimum Gasteiger partial charge on any atom is -0.390 e. The number of rotatable bonds is 3. The van der Waals surface area contributed by atoms with Crippen LogP contribution in [0.3, 0.4) is 0 Å². The van der Waals surface area contributed by atoms with Crippen LogP contribution in [-0.2, 0) is 19.6 Å². The smallest absolute Gasteiger partial charge is 0.0853 e. The van der Waals surface area contributed by atoms with Gasteiger partial charge in [-0.1, -0.05) is 6.92 Å². The molecule has 0 unspecified atom stereocenters. The van der Waals surface area contributed by atoms with E-state index in [1.807, 2.05) is 19.1 Å².